The summed E-state index contributed by atoms with van der Waals surface area (Å²) in [4.78, 5) is 4.52. The molecule has 2 aromatic rings. The number of hydrogen-bond acceptors (Lipinski definition) is 1. The first kappa shape index (κ1) is 13.8. The highest BCUT2D eigenvalue weighted by atomic mass is 35.5. The number of rotatable bonds is 2. The average molecular weight is 269 g/mol. The Morgan fingerprint density at radius 1 is 1.12 bits per heavy atom. The van der Waals surface area contributed by atoms with Crippen LogP contribution in [0.2, 0.25) is 5.02 Å². The largest absolute Gasteiger partial charge is 0.336 e. The number of benzene rings is 1. The Labute approximate surface area is 112 Å². The van der Waals surface area contributed by atoms with Gasteiger partial charge >= 0.3 is 0 Å². The lowest BCUT2D eigenvalue weighted by molar-refractivity contribution is 0.802. The smallest absolute Gasteiger partial charge is 0.127 e. The van der Waals surface area contributed by atoms with E-state index in [4.69, 9.17) is 11.6 Å². The van der Waals surface area contributed by atoms with Crippen LogP contribution in [0.15, 0.2) is 53.7 Å². The van der Waals surface area contributed by atoms with Gasteiger partial charge < -0.3 is 4.57 Å². The maximum absolute atomic E-state index is 6.06. The van der Waals surface area contributed by atoms with Gasteiger partial charge in [0.15, 0.2) is 0 Å². The van der Waals surface area contributed by atoms with Crippen molar-refractivity contribution in [3.8, 4) is 0 Å². The third-order valence-corrected chi connectivity index (χ3v) is 2.77. The zero-order valence-corrected chi connectivity index (χ0v) is 11.1. The van der Waals surface area contributed by atoms with Crippen LogP contribution in [0.3, 0.4) is 0 Å². The predicted octanol–water partition coefficient (Wildman–Crippen LogP) is 3.20. The Morgan fingerprint density at radius 2 is 1.82 bits per heavy atom. The van der Waals surface area contributed by atoms with Crippen molar-refractivity contribution in [3.63, 3.8) is 0 Å². The fraction of sp³-hybridized carbons (Fsp3) is 0.154. The first-order valence-electron chi connectivity index (χ1n) is 5.13. The number of pyridine rings is 1. The molecule has 0 atom stereocenters. The Balaban J connectivity index is 0.00000144. The van der Waals surface area contributed by atoms with Gasteiger partial charge in [0.05, 0.1) is 6.54 Å². The zero-order chi connectivity index (χ0) is 11.4. The van der Waals surface area contributed by atoms with Crippen molar-refractivity contribution in [1.82, 2.24) is 4.57 Å². The second-order valence-electron chi connectivity index (χ2n) is 3.58. The highest BCUT2D eigenvalue weighted by Crippen LogP contribution is 2.15. The quantitative estimate of drug-likeness (QED) is 0.796. The Kier molecular flexibility index (Phi) is 5.26. The van der Waals surface area contributed by atoms with Crippen molar-refractivity contribution < 1.29 is 0 Å². The van der Waals surface area contributed by atoms with Gasteiger partial charge in [-0.3, -0.25) is 4.99 Å². The third kappa shape index (κ3) is 3.62. The molecule has 0 saturated heterocycles. The molecule has 0 fully saturated rings. The molecule has 0 bridgehead atoms. The zero-order valence-electron chi connectivity index (χ0n) is 9.51. The lowest BCUT2D eigenvalue weighted by Crippen LogP contribution is -2.16. The van der Waals surface area contributed by atoms with Gasteiger partial charge in [-0.25, -0.2) is 0 Å². The molecular formula is C13H14Cl2N2. The van der Waals surface area contributed by atoms with Gasteiger partial charge in [-0.05, 0) is 23.8 Å². The van der Waals surface area contributed by atoms with Crippen LogP contribution in [0.4, 0.5) is 0 Å². The van der Waals surface area contributed by atoms with E-state index in [1.165, 1.54) is 0 Å². The highest BCUT2D eigenvalue weighted by Gasteiger charge is 1.96. The Bertz CT molecular complexity index is 547. The minimum atomic E-state index is 0. The minimum Gasteiger partial charge on any atom is -0.336 e. The summed E-state index contributed by atoms with van der Waals surface area (Å²) in [7, 11) is 1.98. The summed E-state index contributed by atoms with van der Waals surface area (Å²) in [6.07, 6.45) is 1.98. The van der Waals surface area contributed by atoms with E-state index in [1.807, 2.05) is 60.3 Å². The van der Waals surface area contributed by atoms with Gasteiger partial charge in [0, 0.05) is 18.3 Å². The molecule has 2 nitrogen and oxygen atoms in total. The van der Waals surface area contributed by atoms with Crippen LogP contribution in [-0.4, -0.2) is 4.57 Å². The fourth-order valence-corrected chi connectivity index (χ4v) is 1.67. The number of aromatic nitrogens is 1. The van der Waals surface area contributed by atoms with Gasteiger partial charge in [-0.15, -0.1) is 12.4 Å². The topological polar surface area (TPSA) is 17.3 Å². The van der Waals surface area contributed by atoms with Gasteiger partial charge in [0.2, 0.25) is 0 Å². The molecular weight excluding hydrogens is 255 g/mol. The van der Waals surface area contributed by atoms with E-state index in [0.29, 0.717) is 6.54 Å². The lowest BCUT2D eigenvalue weighted by atomic mass is 10.2. The predicted molar refractivity (Wildman–Crippen MR) is 73.4 cm³/mol. The van der Waals surface area contributed by atoms with E-state index in [2.05, 4.69) is 4.99 Å². The van der Waals surface area contributed by atoms with Crippen LogP contribution in [-0.2, 0) is 13.6 Å². The Morgan fingerprint density at radius 3 is 2.53 bits per heavy atom. The molecule has 0 radical (unpaired) electrons. The summed E-state index contributed by atoms with van der Waals surface area (Å²) in [5.41, 5.74) is 2.00. The van der Waals surface area contributed by atoms with Gasteiger partial charge in [-0.1, -0.05) is 35.9 Å². The summed E-state index contributed by atoms with van der Waals surface area (Å²) < 4.78 is 1.98. The van der Waals surface area contributed by atoms with Gasteiger partial charge in [0.1, 0.15) is 5.49 Å². The van der Waals surface area contributed by atoms with Crippen LogP contribution in [0.25, 0.3) is 0 Å². The first-order valence-corrected chi connectivity index (χ1v) is 5.51. The molecule has 0 N–H and O–H groups in total. The normalized spacial score (nSPS) is 11.1. The van der Waals surface area contributed by atoms with Crippen molar-refractivity contribution >= 4 is 24.0 Å². The van der Waals surface area contributed by atoms with E-state index in [9.17, 15) is 0 Å². The van der Waals surface area contributed by atoms with Crippen molar-refractivity contribution in [2.45, 2.75) is 6.54 Å². The molecule has 0 saturated carbocycles. The third-order valence-electron chi connectivity index (χ3n) is 2.40. The second-order valence-corrected chi connectivity index (χ2v) is 3.98. The molecule has 1 heterocycles. The summed E-state index contributed by atoms with van der Waals surface area (Å²) in [6.45, 7) is 0.609. The maximum Gasteiger partial charge on any atom is 0.127 e. The van der Waals surface area contributed by atoms with Crippen LogP contribution in [0.1, 0.15) is 5.56 Å². The van der Waals surface area contributed by atoms with Crippen LogP contribution < -0.4 is 5.49 Å². The molecule has 0 aliphatic carbocycles. The molecule has 4 heteroatoms. The molecule has 0 aliphatic rings. The number of hydrogen-bond donors (Lipinski definition) is 0. The van der Waals surface area contributed by atoms with E-state index < -0.39 is 0 Å². The van der Waals surface area contributed by atoms with E-state index >= 15 is 0 Å². The number of nitrogens with zero attached hydrogens (tertiary/aromatic N) is 2. The monoisotopic (exact) mass is 268 g/mol. The van der Waals surface area contributed by atoms with E-state index in [1.54, 1.807) is 0 Å². The molecule has 1 aromatic heterocycles. The van der Waals surface area contributed by atoms with Crippen molar-refractivity contribution in [2.24, 2.45) is 12.0 Å². The second kappa shape index (κ2) is 6.48. The fourth-order valence-electron chi connectivity index (χ4n) is 1.47. The standard InChI is InChI=1S/C13H13ClN2.ClH/c1-16-9-5-4-8-13(16)15-10-11-6-2-3-7-12(11)14;/h2-9H,10H2,1H3;1H. The van der Waals surface area contributed by atoms with E-state index in [0.717, 1.165) is 16.1 Å². The molecule has 0 spiro atoms. The molecule has 2 rings (SSSR count). The number of aryl methyl sites for hydroxylation is 1. The summed E-state index contributed by atoms with van der Waals surface area (Å²) in [5, 5.41) is 0.768. The van der Waals surface area contributed by atoms with Crippen molar-refractivity contribution in [2.75, 3.05) is 0 Å². The molecule has 0 unspecified atom stereocenters. The van der Waals surface area contributed by atoms with E-state index in [-0.39, 0.29) is 12.4 Å². The minimum absolute atomic E-state index is 0. The van der Waals surface area contributed by atoms with Crippen LogP contribution >= 0.6 is 24.0 Å². The first-order chi connectivity index (χ1) is 7.77. The molecule has 90 valence electrons. The Hall–Kier alpha value is -1.25. The molecule has 1 aromatic carbocycles. The maximum atomic E-state index is 6.06. The van der Waals surface area contributed by atoms with Crippen LogP contribution in [0.5, 0.6) is 0 Å². The van der Waals surface area contributed by atoms with Crippen molar-refractivity contribution in [1.29, 1.82) is 0 Å². The lowest BCUT2D eigenvalue weighted by Gasteiger charge is -2.01. The summed E-state index contributed by atoms with van der Waals surface area (Å²) in [6, 6.07) is 13.7. The molecule has 0 amide bonds. The molecule has 0 aliphatic heterocycles. The molecule has 17 heavy (non-hydrogen) atoms. The van der Waals surface area contributed by atoms with Crippen LogP contribution in [0, 0.1) is 0 Å². The SMILES string of the molecule is Cl.Cn1ccccc1=NCc1ccccc1Cl. The van der Waals surface area contributed by atoms with Gasteiger partial charge in [-0.2, -0.15) is 0 Å². The highest BCUT2D eigenvalue weighted by molar-refractivity contribution is 6.31. The summed E-state index contributed by atoms with van der Waals surface area (Å²) >= 11 is 6.06. The van der Waals surface area contributed by atoms with Crippen molar-refractivity contribution in [3.05, 3.63) is 64.7 Å². The average Bonchev–Trinajstić information content (AvgIpc) is 2.30. The van der Waals surface area contributed by atoms with Gasteiger partial charge in [0.25, 0.3) is 0 Å². The summed E-state index contributed by atoms with van der Waals surface area (Å²) in [5.74, 6) is 0. The number of halogens is 2.